The van der Waals surface area contributed by atoms with Crippen molar-refractivity contribution in [3.63, 3.8) is 0 Å². The molecule has 0 aromatic carbocycles. The van der Waals surface area contributed by atoms with Crippen molar-refractivity contribution >= 4 is 27.3 Å². The highest BCUT2D eigenvalue weighted by Gasteiger charge is 2.14. The molecule has 15 heavy (non-hydrogen) atoms. The van der Waals surface area contributed by atoms with Crippen LogP contribution in [0.3, 0.4) is 0 Å². The van der Waals surface area contributed by atoms with E-state index in [0.29, 0.717) is 4.83 Å². The molecule has 0 bridgehead atoms. The number of furan rings is 1. The number of aromatic nitrogens is 2. The van der Waals surface area contributed by atoms with Crippen LogP contribution < -0.4 is 0 Å². The Balaban J connectivity index is 2.32. The molecule has 3 nitrogen and oxygen atoms in total. The molecule has 0 spiro atoms. The van der Waals surface area contributed by atoms with Crippen LogP contribution in [0.5, 0.6) is 0 Å². The van der Waals surface area contributed by atoms with Crippen LogP contribution >= 0.6 is 27.3 Å². The standard InChI is InChI=1S/C10H11BrN2OS/c1-3-8(11)10-13-12-9(15-10)7-4-5-14-6(7)2/h4-5,8H,3H2,1-2H3. The molecule has 0 radical (unpaired) electrons. The Morgan fingerprint density at radius 1 is 1.53 bits per heavy atom. The molecule has 0 aliphatic heterocycles. The van der Waals surface area contributed by atoms with E-state index in [9.17, 15) is 0 Å². The van der Waals surface area contributed by atoms with Crippen molar-refractivity contribution in [2.75, 3.05) is 0 Å². The lowest BCUT2D eigenvalue weighted by molar-refractivity contribution is 0.535. The fourth-order valence-electron chi connectivity index (χ4n) is 1.25. The maximum Gasteiger partial charge on any atom is 0.151 e. The second-order valence-corrected chi connectivity index (χ2v) is 5.33. The SMILES string of the molecule is CCC(Br)c1nnc(-c2ccoc2C)s1. The van der Waals surface area contributed by atoms with Crippen molar-refractivity contribution in [1.29, 1.82) is 0 Å². The number of hydrogen-bond donors (Lipinski definition) is 0. The van der Waals surface area contributed by atoms with E-state index in [0.717, 1.165) is 27.8 Å². The third kappa shape index (κ3) is 2.13. The normalized spacial score (nSPS) is 13.0. The van der Waals surface area contributed by atoms with Gasteiger partial charge in [0.15, 0.2) is 5.01 Å². The monoisotopic (exact) mass is 286 g/mol. The summed E-state index contributed by atoms with van der Waals surface area (Å²) in [6.07, 6.45) is 2.69. The first-order chi connectivity index (χ1) is 7.22. The maximum absolute atomic E-state index is 5.24. The molecule has 0 aliphatic rings. The molecule has 1 unspecified atom stereocenters. The second kappa shape index (κ2) is 4.45. The van der Waals surface area contributed by atoms with Gasteiger partial charge in [0, 0.05) is 0 Å². The molecular weight excluding hydrogens is 276 g/mol. The lowest BCUT2D eigenvalue weighted by Gasteiger charge is -1.97. The Morgan fingerprint density at radius 3 is 2.93 bits per heavy atom. The minimum atomic E-state index is 0.302. The molecule has 2 heterocycles. The van der Waals surface area contributed by atoms with Crippen molar-refractivity contribution < 1.29 is 4.42 Å². The fraction of sp³-hybridized carbons (Fsp3) is 0.400. The average molecular weight is 287 g/mol. The van der Waals surface area contributed by atoms with Crippen LogP contribution in [0.2, 0.25) is 0 Å². The van der Waals surface area contributed by atoms with Crippen molar-refractivity contribution in [2.24, 2.45) is 0 Å². The first kappa shape index (κ1) is 10.8. The molecule has 0 aliphatic carbocycles. The van der Waals surface area contributed by atoms with Gasteiger partial charge >= 0.3 is 0 Å². The fourth-order valence-corrected chi connectivity index (χ4v) is 2.60. The molecule has 0 saturated carbocycles. The molecule has 2 aromatic heterocycles. The van der Waals surface area contributed by atoms with Crippen LogP contribution in [0, 0.1) is 6.92 Å². The van der Waals surface area contributed by atoms with Gasteiger partial charge in [0.25, 0.3) is 0 Å². The lowest BCUT2D eigenvalue weighted by atomic mass is 10.3. The van der Waals surface area contributed by atoms with Gasteiger partial charge < -0.3 is 4.42 Å². The highest BCUT2D eigenvalue weighted by molar-refractivity contribution is 9.09. The van der Waals surface area contributed by atoms with E-state index < -0.39 is 0 Å². The van der Waals surface area contributed by atoms with Gasteiger partial charge in [0.2, 0.25) is 0 Å². The van der Waals surface area contributed by atoms with Gasteiger partial charge in [0.05, 0.1) is 16.7 Å². The Morgan fingerprint density at radius 2 is 2.33 bits per heavy atom. The maximum atomic E-state index is 5.24. The van der Waals surface area contributed by atoms with Crippen LogP contribution in [-0.4, -0.2) is 10.2 Å². The van der Waals surface area contributed by atoms with E-state index in [1.54, 1.807) is 17.6 Å². The van der Waals surface area contributed by atoms with Gasteiger partial charge in [-0.15, -0.1) is 10.2 Å². The third-order valence-electron chi connectivity index (χ3n) is 2.16. The Kier molecular flexibility index (Phi) is 3.21. The quantitative estimate of drug-likeness (QED) is 0.802. The number of rotatable bonds is 3. The smallest absolute Gasteiger partial charge is 0.151 e. The Labute approximate surface area is 101 Å². The summed E-state index contributed by atoms with van der Waals surface area (Å²) in [5.41, 5.74) is 1.04. The molecule has 0 N–H and O–H groups in total. The number of halogens is 1. The van der Waals surface area contributed by atoms with E-state index in [4.69, 9.17) is 4.42 Å². The largest absolute Gasteiger partial charge is 0.469 e. The molecule has 0 saturated heterocycles. The van der Waals surface area contributed by atoms with Crippen molar-refractivity contribution in [1.82, 2.24) is 10.2 Å². The van der Waals surface area contributed by atoms with E-state index in [2.05, 4.69) is 33.1 Å². The van der Waals surface area contributed by atoms with Gasteiger partial charge in [-0.3, -0.25) is 0 Å². The summed E-state index contributed by atoms with van der Waals surface area (Å²) in [4.78, 5) is 0.302. The highest BCUT2D eigenvalue weighted by atomic mass is 79.9. The summed E-state index contributed by atoms with van der Waals surface area (Å²) in [5, 5.41) is 10.3. The van der Waals surface area contributed by atoms with Crippen molar-refractivity contribution in [2.45, 2.75) is 25.1 Å². The number of hydrogen-bond acceptors (Lipinski definition) is 4. The molecule has 2 aromatic rings. The van der Waals surface area contributed by atoms with Crippen LogP contribution in [-0.2, 0) is 0 Å². The van der Waals surface area contributed by atoms with E-state index in [1.165, 1.54) is 0 Å². The molecule has 2 rings (SSSR count). The lowest BCUT2D eigenvalue weighted by Crippen LogP contribution is -1.84. The minimum Gasteiger partial charge on any atom is -0.469 e. The molecule has 1 atom stereocenters. The number of alkyl halides is 1. The number of aryl methyl sites for hydroxylation is 1. The highest BCUT2D eigenvalue weighted by Crippen LogP contribution is 2.33. The zero-order chi connectivity index (χ0) is 10.8. The van der Waals surface area contributed by atoms with Crippen LogP contribution in [0.4, 0.5) is 0 Å². The number of nitrogens with zero attached hydrogens (tertiary/aromatic N) is 2. The zero-order valence-corrected chi connectivity index (χ0v) is 10.9. The minimum absolute atomic E-state index is 0.302. The first-order valence-electron chi connectivity index (χ1n) is 4.74. The predicted octanol–water partition coefficient (Wildman–Crippen LogP) is 3.95. The molecule has 0 fully saturated rings. The van der Waals surface area contributed by atoms with Gasteiger partial charge in [-0.05, 0) is 19.4 Å². The van der Waals surface area contributed by atoms with Crippen LogP contribution in [0.25, 0.3) is 10.6 Å². The topological polar surface area (TPSA) is 38.9 Å². The predicted molar refractivity (Wildman–Crippen MR) is 64.3 cm³/mol. The summed E-state index contributed by atoms with van der Waals surface area (Å²) in [5.74, 6) is 0.889. The molecule has 5 heteroatoms. The van der Waals surface area contributed by atoms with E-state index >= 15 is 0 Å². The molecular formula is C10H11BrN2OS. The zero-order valence-electron chi connectivity index (χ0n) is 8.53. The van der Waals surface area contributed by atoms with E-state index in [1.807, 2.05) is 13.0 Å². The van der Waals surface area contributed by atoms with Crippen LogP contribution in [0.15, 0.2) is 16.7 Å². The van der Waals surface area contributed by atoms with Gasteiger partial charge in [-0.25, -0.2) is 0 Å². The third-order valence-corrected chi connectivity index (χ3v) is 4.61. The Hall–Kier alpha value is -0.680. The van der Waals surface area contributed by atoms with Gasteiger partial charge in [0.1, 0.15) is 10.8 Å². The summed E-state index contributed by atoms with van der Waals surface area (Å²) in [7, 11) is 0. The van der Waals surface area contributed by atoms with Crippen molar-refractivity contribution in [3.8, 4) is 10.6 Å². The summed E-state index contributed by atoms with van der Waals surface area (Å²) < 4.78 is 5.24. The molecule has 80 valence electrons. The van der Waals surface area contributed by atoms with Crippen molar-refractivity contribution in [3.05, 3.63) is 23.1 Å². The summed E-state index contributed by atoms with van der Waals surface area (Å²) in [6.45, 7) is 4.05. The van der Waals surface area contributed by atoms with Gasteiger partial charge in [-0.2, -0.15) is 0 Å². The average Bonchev–Trinajstić information content (AvgIpc) is 2.84. The second-order valence-electron chi connectivity index (χ2n) is 3.21. The summed E-state index contributed by atoms with van der Waals surface area (Å²) >= 11 is 5.17. The van der Waals surface area contributed by atoms with Gasteiger partial charge in [-0.1, -0.05) is 34.2 Å². The van der Waals surface area contributed by atoms with E-state index in [-0.39, 0.29) is 0 Å². The molecule has 0 amide bonds. The Bertz CT molecular complexity index is 452. The first-order valence-corrected chi connectivity index (χ1v) is 6.47. The summed E-state index contributed by atoms with van der Waals surface area (Å²) in [6, 6.07) is 1.93. The van der Waals surface area contributed by atoms with Crippen LogP contribution in [0.1, 0.15) is 28.9 Å².